The van der Waals surface area contributed by atoms with Crippen LogP contribution in [0.4, 0.5) is 0 Å². The first kappa shape index (κ1) is 10.3. The summed E-state index contributed by atoms with van der Waals surface area (Å²) in [5.74, 6) is 0. The Labute approximate surface area is 77.0 Å². The molecule has 1 fully saturated rings. The minimum absolute atomic E-state index is 0.00148. The fourth-order valence-corrected chi connectivity index (χ4v) is 1.21. The van der Waals surface area contributed by atoms with Crippen LogP contribution in [0.1, 0.15) is 0 Å². The molecule has 74 valence electrons. The van der Waals surface area contributed by atoms with Crippen molar-refractivity contribution in [3.63, 3.8) is 0 Å². The van der Waals surface area contributed by atoms with Crippen LogP contribution in [0.2, 0.25) is 0 Å². The first-order chi connectivity index (χ1) is 6.25. The van der Waals surface area contributed by atoms with Gasteiger partial charge in [0.2, 0.25) is 0 Å². The molecule has 0 bridgehead atoms. The maximum absolute atomic E-state index is 8.20. The molecule has 0 saturated carbocycles. The molecule has 1 atom stereocenters. The third-order valence-corrected chi connectivity index (χ3v) is 1.96. The fraction of sp³-hybridized carbons (Fsp3) is 1.00. The van der Waals surface area contributed by atoms with Crippen molar-refractivity contribution in [1.82, 2.24) is 4.90 Å². The molecule has 0 aromatic heterocycles. The summed E-state index contributed by atoms with van der Waals surface area (Å²) in [6, 6.07) is -0.00148. The Morgan fingerprint density at radius 3 is 2.62 bits per heavy atom. The van der Waals surface area contributed by atoms with E-state index in [4.69, 9.17) is 15.0 Å². The summed E-state index contributed by atoms with van der Waals surface area (Å²) in [6.07, 6.45) is -0.263. The third kappa shape index (κ3) is 2.86. The molecule has 1 saturated heterocycles. The van der Waals surface area contributed by atoms with E-state index in [0.717, 1.165) is 0 Å². The van der Waals surface area contributed by atoms with E-state index in [1.165, 1.54) is 0 Å². The van der Waals surface area contributed by atoms with Crippen LogP contribution in [0.5, 0.6) is 0 Å². The van der Waals surface area contributed by atoms with Gasteiger partial charge in [0.05, 0.1) is 19.3 Å². The highest BCUT2D eigenvalue weighted by Crippen LogP contribution is 2.12. The summed E-state index contributed by atoms with van der Waals surface area (Å²) in [7, 11) is 3.81. The Morgan fingerprint density at radius 1 is 1.54 bits per heavy atom. The van der Waals surface area contributed by atoms with Crippen LogP contribution in [-0.4, -0.2) is 51.1 Å². The van der Waals surface area contributed by atoms with Gasteiger partial charge in [0.1, 0.15) is 0 Å². The van der Waals surface area contributed by atoms with Crippen molar-refractivity contribution in [2.75, 3.05) is 33.9 Å². The molecule has 1 rings (SSSR count). The average molecular weight is 186 g/mol. The fourth-order valence-electron chi connectivity index (χ4n) is 1.21. The zero-order valence-electron chi connectivity index (χ0n) is 7.88. The Morgan fingerprint density at radius 2 is 2.15 bits per heavy atom. The van der Waals surface area contributed by atoms with Crippen molar-refractivity contribution in [3.05, 3.63) is 10.4 Å². The van der Waals surface area contributed by atoms with Crippen LogP contribution < -0.4 is 0 Å². The van der Waals surface area contributed by atoms with Gasteiger partial charge in [-0.15, -0.1) is 0 Å². The lowest BCUT2D eigenvalue weighted by molar-refractivity contribution is -0.0874. The summed E-state index contributed by atoms with van der Waals surface area (Å²) in [4.78, 5) is 4.65. The van der Waals surface area contributed by atoms with Gasteiger partial charge in [0.25, 0.3) is 0 Å². The van der Waals surface area contributed by atoms with Crippen LogP contribution >= 0.6 is 0 Å². The summed E-state index contributed by atoms with van der Waals surface area (Å²) >= 11 is 0. The highest BCUT2D eigenvalue weighted by atomic mass is 16.7. The SMILES string of the molecule is CN(C)[C@H](CN=[N+]=[N-])C1OCCO1. The zero-order valence-corrected chi connectivity index (χ0v) is 7.88. The van der Waals surface area contributed by atoms with Gasteiger partial charge in [-0.1, -0.05) is 5.11 Å². The normalized spacial score (nSPS) is 20.2. The molecule has 0 N–H and O–H groups in total. The quantitative estimate of drug-likeness (QED) is 0.366. The third-order valence-electron chi connectivity index (χ3n) is 1.96. The van der Waals surface area contributed by atoms with Crippen molar-refractivity contribution < 1.29 is 9.47 Å². The largest absolute Gasteiger partial charge is 0.349 e. The van der Waals surface area contributed by atoms with Crippen LogP contribution in [0.15, 0.2) is 5.11 Å². The Bertz CT molecular complexity index is 197. The number of nitrogens with zero attached hydrogens (tertiary/aromatic N) is 4. The lowest BCUT2D eigenvalue weighted by atomic mass is 10.2. The highest BCUT2D eigenvalue weighted by Gasteiger charge is 2.27. The monoisotopic (exact) mass is 186 g/mol. The second kappa shape index (κ2) is 5.04. The van der Waals surface area contributed by atoms with Gasteiger partial charge < -0.3 is 14.4 Å². The molecule has 6 heteroatoms. The van der Waals surface area contributed by atoms with Crippen molar-refractivity contribution in [2.24, 2.45) is 5.11 Å². The van der Waals surface area contributed by atoms with Gasteiger partial charge >= 0.3 is 0 Å². The predicted molar refractivity (Wildman–Crippen MR) is 47.2 cm³/mol. The second-order valence-electron chi connectivity index (χ2n) is 3.05. The number of azide groups is 1. The molecule has 1 aliphatic heterocycles. The second-order valence-corrected chi connectivity index (χ2v) is 3.05. The highest BCUT2D eigenvalue weighted by molar-refractivity contribution is 4.75. The number of rotatable bonds is 4. The Hall–Kier alpha value is -0.810. The molecule has 0 aromatic carbocycles. The minimum atomic E-state index is -0.263. The smallest absolute Gasteiger partial charge is 0.173 e. The van der Waals surface area contributed by atoms with Crippen LogP contribution in [0.25, 0.3) is 10.4 Å². The van der Waals surface area contributed by atoms with E-state index in [9.17, 15) is 0 Å². The first-order valence-electron chi connectivity index (χ1n) is 4.16. The van der Waals surface area contributed by atoms with E-state index in [2.05, 4.69) is 10.0 Å². The molecule has 6 nitrogen and oxygen atoms in total. The summed E-state index contributed by atoms with van der Waals surface area (Å²) in [6.45, 7) is 1.60. The molecule has 0 aromatic rings. The van der Waals surface area contributed by atoms with Crippen molar-refractivity contribution >= 4 is 0 Å². The molecule has 0 aliphatic carbocycles. The molecular weight excluding hydrogens is 172 g/mol. The summed E-state index contributed by atoms with van der Waals surface area (Å²) in [5, 5.41) is 3.52. The van der Waals surface area contributed by atoms with Gasteiger partial charge in [0.15, 0.2) is 6.29 Å². The number of likely N-dealkylation sites (N-methyl/N-ethyl adjacent to an activating group) is 1. The zero-order chi connectivity index (χ0) is 9.68. The number of hydrogen-bond donors (Lipinski definition) is 0. The molecule has 13 heavy (non-hydrogen) atoms. The van der Waals surface area contributed by atoms with E-state index < -0.39 is 0 Å². The minimum Gasteiger partial charge on any atom is -0.349 e. The molecule has 0 amide bonds. The van der Waals surface area contributed by atoms with E-state index in [0.29, 0.717) is 19.8 Å². The summed E-state index contributed by atoms with van der Waals surface area (Å²) in [5.41, 5.74) is 8.20. The van der Waals surface area contributed by atoms with Crippen molar-refractivity contribution in [1.29, 1.82) is 0 Å². The first-order valence-corrected chi connectivity index (χ1v) is 4.16. The van der Waals surface area contributed by atoms with Gasteiger partial charge in [-0.25, -0.2) is 0 Å². The standard InChI is InChI=1S/C7H14N4O2/c1-11(2)6(5-9-10-8)7-12-3-4-13-7/h6-7H,3-5H2,1-2H3/t6-/m1/s1. The van der Waals surface area contributed by atoms with Crippen LogP contribution in [0, 0.1) is 0 Å². The van der Waals surface area contributed by atoms with E-state index in [1.807, 2.05) is 19.0 Å². The van der Waals surface area contributed by atoms with Crippen LogP contribution in [0.3, 0.4) is 0 Å². The molecule has 0 unspecified atom stereocenters. The molecular formula is C7H14N4O2. The average Bonchev–Trinajstić information content (AvgIpc) is 2.57. The lowest BCUT2D eigenvalue weighted by Gasteiger charge is -2.26. The Balaban J connectivity index is 2.49. The maximum Gasteiger partial charge on any atom is 0.173 e. The molecule has 0 spiro atoms. The summed E-state index contributed by atoms with van der Waals surface area (Å²) < 4.78 is 10.7. The van der Waals surface area contributed by atoms with E-state index >= 15 is 0 Å². The van der Waals surface area contributed by atoms with Gasteiger partial charge in [-0.3, -0.25) is 0 Å². The van der Waals surface area contributed by atoms with Gasteiger partial charge in [0, 0.05) is 11.5 Å². The van der Waals surface area contributed by atoms with Gasteiger partial charge in [-0.2, -0.15) is 0 Å². The molecule has 1 aliphatic rings. The van der Waals surface area contributed by atoms with Crippen molar-refractivity contribution in [3.8, 4) is 0 Å². The van der Waals surface area contributed by atoms with Crippen LogP contribution in [-0.2, 0) is 9.47 Å². The lowest BCUT2D eigenvalue weighted by Crippen LogP contribution is -2.41. The van der Waals surface area contributed by atoms with Gasteiger partial charge in [-0.05, 0) is 19.6 Å². The Kier molecular flexibility index (Phi) is 3.98. The number of ether oxygens (including phenoxy) is 2. The topological polar surface area (TPSA) is 70.5 Å². The van der Waals surface area contributed by atoms with E-state index in [-0.39, 0.29) is 12.3 Å². The molecule has 1 heterocycles. The maximum atomic E-state index is 8.20. The predicted octanol–water partition coefficient (Wildman–Crippen LogP) is 0.600. The molecule has 0 radical (unpaired) electrons. The number of hydrogen-bond acceptors (Lipinski definition) is 4. The van der Waals surface area contributed by atoms with Crippen molar-refractivity contribution in [2.45, 2.75) is 12.3 Å². The van der Waals surface area contributed by atoms with E-state index in [1.54, 1.807) is 0 Å².